The zero-order valence-corrected chi connectivity index (χ0v) is 26.2. The van der Waals surface area contributed by atoms with Gasteiger partial charge in [0, 0.05) is 84.1 Å². The summed E-state index contributed by atoms with van der Waals surface area (Å²) < 4.78 is 43.1. The average molecular weight is 640 g/mol. The Morgan fingerprint density at radius 2 is 1.47 bits per heavy atom. The van der Waals surface area contributed by atoms with Gasteiger partial charge in [-0.1, -0.05) is 0 Å². The van der Waals surface area contributed by atoms with Crippen LogP contribution in [0, 0.1) is 18.6 Å². The fraction of sp³-hybridized carbons (Fsp3) is 0.324. The molecule has 11 nitrogen and oxygen atoms in total. The van der Waals surface area contributed by atoms with Gasteiger partial charge < -0.3 is 25.0 Å². The summed E-state index contributed by atoms with van der Waals surface area (Å²) in [5, 5.41) is 11.9. The maximum atomic E-state index is 15.2. The minimum atomic E-state index is -0.677. The van der Waals surface area contributed by atoms with E-state index in [4.69, 9.17) is 24.5 Å². The third-order valence-electron chi connectivity index (χ3n) is 8.24. The maximum absolute atomic E-state index is 15.2. The Hall–Kier alpha value is -5.17. The summed E-state index contributed by atoms with van der Waals surface area (Å²) >= 11 is 0. The highest BCUT2D eigenvalue weighted by atomic mass is 19.1. The minimum Gasteiger partial charge on any atom is -0.494 e. The normalized spacial score (nSPS) is 14.7. The molecule has 5 heterocycles. The molecule has 242 valence electrons. The number of ether oxygens (including phenoxy) is 2. The molecule has 47 heavy (non-hydrogen) atoms. The second kappa shape index (κ2) is 13.3. The van der Waals surface area contributed by atoms with Crippen molar-refractivity contribution in [2.45, 2.75) is 39.2 Å². The number of hydrogen-bond acceptors (Lipinski definition) is 10. The van der Waals surface area contributed by atoms with Gasteiger partial charge in [0.05, 0.1) is 26.4 Å². The summed E-state index contributed by atoms with van der Waals surface area (Å²) in [6, 6.07) is 9.91. The third kappa shape index (κ3) is 6.57. The van der Waals surface area contributed by atoms with Gasteiger partial charge in [-0.2, -0.15) is 5.10 Å². The van der Waals surface area contributed by atoms with Crippen LogP contribution in [0.4, 0.5) is 37.5 Å². The fourth-order valence-corrected chi connectivity index (χ4v) is 5.87. The number of nitrogens with one attached hydrogen (secondary N) is 2. The van der Waals surface area contributed by atoms with E-state index < -0.39 is 11.6 Å². The lowest BCUT2D eigenvalue weighted by molar-refractivity contribution is 0.123. The Labute approximate surface area is 271 Å². The van der Waals surface area contributed by atoms with Crippen LogP contribution in [0.2, 0.25) is 0 Å². The maximum Gasteiger partial charge on any atom is 0.184 e. The number of nitrogens with zero attached hydrogens (tertiary/aromatic N) is 7. The molecule has 0 atom stereocenters. The average Bonchev–Trinajstić information content (AvgIpc) is 3.86. The van der Waals surface area contributed by atoms with Gasteiger partial charge in [-0.15, -0.1) is 0 Å². The number of rotatable bonds is 11. The van der Waals surface area contributed by atoms with Crippen molar-refractivity contribution in [3.05, 3.63) is 89.6 Å². The third-order valence-corrected chi connectivity index (χ3v) is 8.24. The first-order chi connectivity index (χ1) is 23.0. The van der Waals surface area contributed by atoms with Crippen LogP contribution in [0.1, 0.15) is 42.5 Å². The molecule has 7 rings (SSSR count). The van der Waals surface area contributed by atoms with Gasteiger partial charge in [0.1, 0.15) is 28.8 Å². The molecule has 0 spiro atoms. The van der Waals surface area contributed by atoms with Gasteiger partial charge in [0.25, 0.3) is 0 Å². The van der Waals surface area contributed by atoms with Crippen LogP contribution >= 0.6 is 0 Å². The smallest absolute Gasteiger partial charge is 0.184 e. The molecule has 0 bridgehead atoms. The highest BCUT2D eigenvalue weighted by Crippen LogP contribution is 2.45. The lowest BCUT2D eigenvalue weighted by Gasteiger charge is -2.31. The summed E-state index contributed by atoms with van der Waals surface area (Å²) in [7, 11) is 0. The SMILES string of the molecule is CCOc1cc(F)c(Cn2nc(-c3nc(Nc4ccncc4)c(N4CCOCC4)c(Nc4ccncc4)n3)c(C)c2C2CC2)c(F)c1. The molecule has 2 aliphatic rings. The first kappa shape index (κ1) is 30.5. The van der Waals surface area contributed by atoms with Crippen LogP contribution in [0.3, 0.4) is 0 Å². The Kier molecular flexibility index (Phi) is 8.62. The van der Waals surface area contributed by atoms with E-state index in [-0.39, 0.29) is 23.8 Å². The summed E-state index contributed by atoms with van der Waals surface area (Å²) in [5.74, 6) is 0.563. The number of halogens is 2. The second-order valence-electron chi connectivity index (χ2n) is 11.5. The number of benzene rings is 1. The predicted octanol–water partition coefficient (Wildman–Crippen LogP) is 6.36. The fourth-order valence-electron chi connectivity index (χ4n) is 5.87. The highest BCUT2D eigenvalue weighted by molar-refractivity contribution is 5.85. The van der Waals surface area contributed by atoms with Crippen LogP contribution in [0.15, 0.2) is 61.2 Å². The van der Waals surface area contributed by atoms with Crippen molar-refractivity contribution in [1.29, 1.82) is 0 Å². The largest absolute Gasteiger partial charge is 0.494 e. The molecule has 1 aromatic carbocycles. The minimum absolute atomic E-state index is 0.0759. The lowest BCUT2D eigenvalue weighted by Crippen LogP contribution is -2.37. The molecule has 2 N–H and O–H groups in total. The first-order valence-corrected chi connectivity index (χ1v) is 15.8. The number of anilines is 5. The van der Waals surface area contributed by atoms with E-state index in [0.717, 1.165) is 41.2 Å². The Bertz CT molecular complexity index is 1780. The van der Waals surface area contributed by atoms with E-state index in [2.05, 4.69) is 25.5 Å². The molecule has 1 saturated heterocycles. The topological polar surface area (TPSA) is 115 Å². The molecule has 13 heteroatoms. The molecule has 1 aliphatic carbocycles. The standard InChI is InChI=1S/C34H35F2N9O2/c1-3-47-25-18-27(35)26(28(36)19-25)20-45-30(22-4-5-22)21(2)29(43-45)32-41-33(39-23-6-10-37-11-7-23)31(44-14-16-46-17-15-44)34(42-32)40-24-8-12-38-13-9-24/h6-13,18-19,22H,3-5,14-17,20H2,1-2H3,(H2,37,38,39,40,41,42). The van der Waals surface area contributed by atoms with Crippen molar-refractivity contribution in [1.82, 2.24) is 29.7 Å². The zero-order chi connectivity index (χ0) is 32.3. The van der Waals surface area contributed by atoms with Crippen molar-refractivity contribution < 1.29 is 18.3 Å². The summed E-state index contributed by atoms with van der Waals surface area (Å²) in [4.78, 5) is 20.6. The summed E-state index contributed by atoms with van der Waals surface area (Å²) in [6.45, 7) is 6.41. The number of aromatic nitrogens is 6. The van der Waals surface area contributed by atoms with Gasteiger partial charge in [0.15, 0.2) is 17.5 Å². The van der Waals surface area contributed by atoms with Gasteiger partial charge >= 0.3 is 0 Å². The first-order valence-electron chi connectivity index (χ1n) is 15.8. The van der Waals surface area contributed by atoms with Crippen molar-refractivity contribution >= 4 is 28.7 Å². The van der Waals surface area contributed by atoms with Crippen LogP contribution < -0.4 is 20.3 Å². The Balaban J connectivity index is 1.36. The molecule has 0 unspecified atom stereocenters. The van der Waals surface area contributed by atoms with Crippen molar-refractivity contribution in [2.24, 2.45) is 0 Å². The number of pyridine rings is 2. The van der Waals surface area contributed by atoms with Crippen LogP contribution in [0.25, 0.3) is 11.5 Å². The summed E-state index contributed by atoms with van der Waals surface area (Å²) in [5.41, 5.74) is 4.66. The van der Waals surface area contributed by atoms with E-state index in [9.17, 15) is 0 Å². The molecular weight excluding hydrogens is 604 g/mol. The molecule has 1 saturated carbocycles. The molecule has 5 aromatic rings. The summed E-state index contributed by atoms with van der Waals surface area (Å²) in [6.07, 6.45) is 8.79. The van der Waals surface area contributed by atoms with Crippen LogP contribution in [-0.2, 0) is 11.3 Å². The Morgan fingerprint density at radius 3 is 2.00 bits per heavy atom. The highest BCUT2D eigenvalue weighted by Gasteiger charge is 2.33. The van der Waals surface area contributed by atoms with E-state index >= 15 is 8.78 Å². The van der Waals surface area contributed by atoms with Crippen molar-refractivity contribution in [3.8, 4) is 17.3 Å². The van der Waals surface area contributed by atoms with Gasteiger partial charge in [-0.3, -0.25) is 14.6 Å². The van der Waals surface area contributed by atoms with E-state index in [1.807, 2.05) is 31.2 Å². The van der Waals surface area contributed by atoms with Gasteiger partial charge in [0.2, 0.25) is 0 Å². The molecule has 0 amide bonds. The van der Waals surface area contributed by atoms with Gasteiger partial charge in [-0.25, -0.2) is 18.7 Å². The predicted molar refractivity (Wildman–Crippen MR) is 175 cm³/mol. The molecule has 4 aromatic heterocycles. The quantitative estimate of drug-likeness (QED) is 0.169. The van der Waals surface area contributed by atoms with E-state index in [1.54, 1.807) is 36.4 Å². The lowest BCUT2D eigenvalue weighted by atomic mass is 10.1. The number of morpholine rings is 1. The zero-order valence-electron chi connectivity index (χ0n) is 26.2. The molecule has 0 radical (unpaired) electrons. The van der Waals surface area contributed by atoms with E-state index in [0.29, 0.717) is 56.1 Å². The molecule has 1 aliphatic heterocycles. The van der Waals surface area contributed by atoms with Crippen molar-refractivity contribution in [2.75, 3.05) is 48.4 Å². The van der Waals surface area contributed by atoms with Gasteiger partial charge in [-0.05, 0) is 51.0 Å². The van der Waals surface area contributed by atoms with Crippen LogP contribution in [-0.4, -0.2) is 62.6 Å². The molecule has 2 fully saturated rings. The second-order valence-corrected chi connectivity index (χ2v) is 11.5. The van der Waals surface area contributed by atoms with E-state index in [1.165, 1.54) is 12.1 Å². The number of hydrogen-bond donors (Lipinski definition) is 2. The van der Waals surface area contributed by atoms with Crippen molar-refractivity contribution in [3.63, 3.8) is 0 Å². The molecular formula is C34H35F2N9O2. The van der Waals surface area contributed by atoms with Crippen LogP contribution in [0.5, 0.6) is 5.75 Å². The monoisotopic (exact) mass is 639 g/mol. The Morgan fingerprint density at radius 1 is 0.894 bits per heavy atom.